The standard InChI is InChI=1S/C11H13NO4/c13-11(8-4-5-9-12(14)15)16-10-6-2-1-3-7-10/h1-4,6-8,11,13H,5,9H2/b8-4-. The number of para-hydroxylation sites is 1. The van der Waals surface area contributed by atoms with Crippen molar-refractivity contribution in [1.82, 2.24) is 0 Å². The Bertz CT molecular complexity index is 350. The summed E-state index contributed by atoms with van der Waals surface area (Å²) in [4.78, 5) is 9.60. The molecule has 0 fully saturated rings. The number of benzene rings is 1. The van der Waals surface area contributed by atoms with Gasteiger partial charge in [0.25, 0.3) is 0 Å². The van der Waals surface area contributed by atoms with Gasteiger partial charge in [0.1, 0.15) is 5.75 Å². The Morgan fingerprint density at radius 2 is 2.12 bits per heavy atom. The van der Waals surface area contributed by atoms with Crippen molar-refractivity contribution in [2.75, 3.05) is 6.54 Å². The average Bonchev–Trinajstić information content (AvgIpc) is 2.25. The fraction of sp³-hybridized carbons (Fsp3) is 0.273. The molecule has 1 unspecified atom stereocenters. The second-order valence-corrected chi connectivity index (χ2v) is 3.09. The summed E-state index contributed by atoms with van der Waals surface area (Å²) in [7, 11) is 0. The smallest absolute Gasteiger partial charge is 0.217 e. The summed E-state index contributed by atoms with van der Waals surface area (Å²) in [5.74, 6) is 0.550. The van der Waals surface area contributed by atoms with Gasteiger partial charge in [-0.1, -0.05) is 24.3 Å². The maximum absolute atomic E-state index is 10.0. The number of hydrogen-bond acceptors (Lipinski definition) is 4. The lowest BCUT2D eigenvalue weighted by Crippen LogP contribution is -2.11. The summed E-state index contributed by atoms with van der Waals surface area (Å²) < 4.78 is 5.12. The topological polar surface area (TPSA) is 72.6 Å². The quantitative estimate of drug-likeness (QED) is 0.344. The molecule has 16 heavy (non-hydrogen) atoms. The van der Waals surface area contributed by atoms with E-state index < -0.39 is 11.2 Å². The van der Waals surface area contributed by atoms with Crippen LogP contribution in [0.3, 0.4) is 0 Å². The van der Waals surface area contributed by atoms with E-state index in [1.165, 1.54) is 12.2 Å². The van der Waals surface area contributed by atoms with Crippen molar-refractivity contribution < 1.29 is 14.8 Å². The molecule has 0 aliphatic carbocycles. The minimum atomic E-state index is -1.07. The molecule has 1 atom stereocenters. The zero-order chi connectivity index (χ0) is 11.8. The second-order valence-electron chi connectivity index (χ2n) is 3.09. The highest BCUT2D eigenvalue weighted by Crippen LogP contribution is 2.10. The number of ether oxygens (including phenoxy) is 1. The molecule has 0 aliphatic rings. The number of aliphatic hydroxyl groups is 1. The van der Waals surface area contributed by atoms with Crippen LogP contribution in [0.1, 0.15) is 6.42 Å². The van der Waals surface area contributed by atoms with Gasteiger partial charge in [0.2, 0.25) is 12.8 Å². The van der Waals surface area contributed by atoms with Gasteiger partial charge in [-0.3, -0.25) is 10.1 Å². The third kappa shape index (κ3) is 5.11. The molecule has 0 amide bonds. The normalized spacial score (nSPS) is 12.6. The highest BCUT2D eigenvalue weighted by atomic mass is 16.6. The lowest BCUT2D eigenvalue weighted by molar-refractivity contribution is -0.478. The van der Waals surface area contributed by atoms with E-state index in [0.717, 1.165) is 0 Å². The van der Waals surface area contributed by atoms with Crippen LogP contribution in [0.4, 0.5) is 0 Å². The SMILES string of the molecule is O=[N+]([O-])CC/C=C\C(O)Oc1ccccc1. The first-order valence-electron chi connectivity index (χ1n) is 4.86. The van der Waals surface area contributed by atoms with Crippen molar-refractivity contribution in [2.45, 2.75) is 12.7 Å². The number of rotatable bonds is 6. The Kier molecular flexibility index (Phi) is 5.01. The van der Waals surface area contributed by atoms with E-state index in [0.29, 0.717) is 5.75 Å². The van der Waals surface area contributed by atoms with Gasteiger partial charge in [-0.2, -0.15) is 0 Å². The molecule has 1 N–H and O–H groups in total. The molecule has 0 aliphatic heterocycles. The van der Waals surface area contributed by atoms with Gasteiger partial charge < -0.3 is 9.84 Å². The van der Waals surface area contributed by atoms with Crippen LogP contribution in [0.2, 0.25) is 0 Å². The Balaban J connectivity index is 2.30. The highest BCUT2D eigenvalue weighted by molar-refractivity contribution is 5.21. The Morgan fingerprint density at radius 1 is 1.44 bits per heavy atom. The fourth-order valence-corrected chi connectivity index (χ4v) is 1.07. The predicted molar refractivity (Wildman–Crippen MR) is 58.7 cm³/mol. The molecule has 0 heterocycles. The largest absolute Gasteiger partial charge is 0.461 e. The molecule has 86 valence electrons. The monoisotopic (exact) mass is 223 g/mol. The predicted octanol–water partition coefficient (Wildman–Crippen LogP) is 1.61. The number of nitrogens with zero attached hydrogens (tertiary/aromatic N) is 1. The second kappa shape index (κ2) is 6.58. The third-order valence-electron chi connectivity index (χ3n) is 1.78. The van der Waals surface area contributed by atoms with Crippen LogP contribution in [-0.2, 0) is 0 Å². The molecule has 1 rings (SSSR count). The molecular formula is C11H13NO4. The van der Waals surface area contributed by atoms with Crippen LogP contribution in [0.15, 0.2) is 42.5 Å². The van der Waals surface area contributed by atoms with E-state index in [1.54, 1.807) is 24.3 Å². The molecule has 1 aromatic rings. The van der Waals surface area contributed by atoms with Crippen molar-refractivity contribution >= 4 is 0 Å². The van der Waals surface area contributed by atoms with Crippen LogP contribution in [0.25, 0.3) is 0 Å². The van der Waals surface area contributed by atoms with Crippen LogP contribution in [0.5, 0.6) is 5.75 Å². The molecule has 1 aromatic carbocycles. The molecule has 0 saturated heterocycles. The summed E-state index contributed by atoms with van der Waals surface area (Å²) in [5.41, 5.74) is 0. The van der Waals surface area contributed by atoms with E-state index in [-0.39, 0.29) is 13.0 Å². The number of aliphatic hydroxyl groups excluding tert-OH is 1. The van der Waals surface area contributed by atoms with Gasteiger partial charge in [0, 0.05) is 11.3 Å². The Morgan fingerprint density at radius 3 is 2.75 bits per heavy atom. The molecule has 5 heteroatoms. The average molecular weight is 223 g/mol. The van der Waals surface area contributed by atoms with Crippen molar-refractivity contribution in [3.05, 3.63) is 52.6 Å². The molecule has 0 aromatic heterocycles. The first-order valence-corrected chi connectivity index (χ1v) is 4.86. The van der Waals surface area contributed by atoms with Crippen molar-refractivity contribution in [3.63, 3.8) is 0 Å². The van der Waals surface area contributed by atoms with E-state index in [1.807, 2.05) is 6.07 Å². The van der Waals surface area contributed by atoms with Crippen LogP contribution in [-0.4, -0.2) is 22.9 Å². The van der Waals surface area contributed by atoms with Crippen molar-refractivity contribution in [1.29, 1.82) is 0 Å². The van der Waals surface area contributed by atoms with Gasteiger partial charge in [0.05, 0.1) is 0 Å². The molecule has 0 bridgehead atoms. The number of hydrogen-bond donors (Lipinski definition) is 1. The maximum atomic E-state index is 10.0. The summed E-state index contributed by atoms with van der Waals surface area (Å²) in [5, 5.41) is 19.4. The van der Waals surface area contributed by atoms with E-state index >= 15 is 0 Å². The minimum absolute atomic E-state index is 0.144. The molecule has 0 radical (unpaired) electrons. The first-order chi connectivity index (χ1) is 7.68. The lowest BCUT2D eigenvalue weighted by Gasteiger charge is -2.08. The highest BCUT2D eigenvalue weighted by Gasteiger charge is 2.00. The van der Waals surface area contributed by atoms with E-state index in [4.69, 9.17) is 4.74 Å². The van der Waals surface area contributed by atoms with Crippen LogP contribution in [0, 0.1) is 10.1 Å². The number of nitro groups is 1. The van der Waals surface area contributed by atoms with Crippen molar-refractivity contribution in [3.8, 4) is 5.75 Å². The fourth-order valence-electron chi connectivity index (χ4n) is 1.07. The Labute approximate surface area is 93.1 Å². The zero-order valence-electron chi connectivity index (χ0n) is 8.65. The third-order valence-corrected chi connectivity index (χ3v) is 1.78. The molecular weight excluding hydrogens is 210 g/mol. The van der Waals surface area contributed by atoms with Gasteiger partial charge in [-0.25, -0.2) is 0 Å². The van der Waals surface area contributed by atoms with Crippen LogP contribution < -0.4 is 4.74 Å². The summed E-state index contributed by atoms with van der Waals surface area (Å²) in [6, 6.07) is 8.85. The van der Waals surface area contributed by atoms with Gasteiger partial charge in [-0.15, -0.1) is 0 Å². The van der Waals surface area contributed by atoms with Gasteiger partial charge >= 0.3 is 0 Å². The maximum Gasteiger partial charge on any atom is 0.217 e. The van der Waals surface area contributed by atoms with Crippen LogP contribution >= 0.6 is 0 Å². The molecule has 0 saturated carbocycles. The minimum Gasteiger partial charge on any atom is -0.461 e. The summed E-state index contributed by atoms with van der Waals surface area (Å²) in [6.07, 6.45) is 2.11. The zero-order valence-corrected chi connectivity index (χ0v) is 8.65. The first kappa shape index (κ1) is 12.2. The van der Waals surface area contributed by atoms with E-state index in [9.17, 15) is 15.2 Å². The van der Waals surface area contributed by atoms with Gasteiger partial charge in [0.15, 0.2) is 0 Å². The molecule has 5 nitrogen and oxygen atoms in total. The van der Waals surface area contributed by atoms with E-state index in [2.05, 4.69) is 0 Å². The molecule has 0 spiro atoms. The Hall–Kier alpha value is -1.88. The van der Waals surface area contributed by atoms with Crippen molar-refractivity contribution in [2.24, 2.45) is 0 Å². The van der Waals surface area contributed by atoms with Gasteiger partial charge in [-0.05, 0) is 18.2 Å². The summed E-state index contributed by atoms with van der Waals surface area (Å²) in [6.45, 7) is -0.144. The lowest BCUT2D eigenvalue weighted by atomic mass is 10.3. The summed E-state index contributed by atoms with van der Waals surface area (Å²) >= 11 is 0.